The van der Waals surface area contributed by atoms with Crippen LogP contribution in [0.15, 0.2) is 0 Å². The number of sulfone groups is 1. The first-order valence-corrected chi connectivity index (χ1v) is 8.71. The minimum atomic E-state index is -2.88. The van der Waals surface area contributed by atoms with Crippen molar-refractivity contribution in [2.24, 2.45) is 0 Å². The Hall–Kier alpha value is -1.01. The number of nitrogens with one attached hydrogen (secondary N) is 1. The van der Waals surface area contributed by atoms with E-state index in [1.807, 2.05) is 0 Å². The highest BCUT2D eigenvalue weighted by Gasteiger charge is 2.32. The molecular weight excluding hydrogens is 262 g/mol. The third kappa shape index (κ3) is 2.51. The van der Waals surface area contributed by atoms with Crippen molar-refractivity contribution in [1.82, 2.24) is 15.3 Å². The SMILES string of the molecule is CCCc1nc(C2CCS(=O)(=O)C2)nc2c1CNC2. The van der Waals surface area contributed by atoms with E-state index >= 15 is 0 Å². The maximum Gasteiger partial charge on any atom is 0.151 e. The highest BCUT2D eigenvalue weighted by molar-refractivity contribution is 7.91. The van der Waals surface area contributed by atoms with Gasteiger partial charge in [-0.15, -0.1) is 0 Å². The average Bonchev–Trinajstić information content (AvgIpc) is 2.95. The summed E-state index contributed by atoms with van der Waals surface area (Å²) in [5.74, 6) is 1.23. The van der Waals surface area contributed by atoms with Crippen molar-refractivity contribution in [3.05, 3.63) is 22.8 Å². The Morgan fingerprint density at radius 2 is 2.16 bits per heavy atom. The lowest BCUT2D eigenvalue weighted by molar-refractivity contribution is 0.600. The van der Waals surface area contributed by atoms with E-state index in [0.29, 0.717) is 6.42 Å². The van der Waals surface area contributed by atoms with Crippen molar-refractivity contribution in [3.8, 4) is 0 Å². The van der Waals surface area contributed by atoms with Gasteiger partial charge >= 0.3 is 0 Å². The smallest absolute Gasteiger partial charge is 0.151 e. The molecule has 3 heterocycles. The summed E-state index contributed by atoms with van der Waals surface area (Å²) >= 11 is 0. The first kappa shape index (κ1) is 13.0. The molecule has 1 aromatic heterocycles. The number of hydrogen-bond donors (Lipinski definition) is 1. The molecule has 3 rings (SSSR count). The van der Waals surface area contributed by atoms with Crippen molar-refractivity contribution in [1.29, 1.82) is 0 Å². The molecule has 0 aromatic carbocycles. The minimum absolute atomic E-state index is 0.00786. The van der Waals surface area contributed by atoms with Crippen molar-refractivity contribution >= 4 is 9.84 Å². The molecule has 1 fully saturated rings. The van der Waals surface area contributed by atoms with Crippen LogP contribution in [0, 0.1) is 0 Å². The van der Waals surface area contributed by atoms with Gasteiger partial charge < -0.3 is 5.32 Å². The van der Waals surface area contributed by atoms with Gasteiger partial charge in [0.05, 0.1) is 17.2 Å². The molecule has 19 heavy (non-hydrogen) atoms. The van der Waals surface area contributed by atoms with Crippen LogP contribution < -0.4 is 5.32 Å². The van der Waals surface area contributed by atoms with Gasteiger partial charge in [-0.25, -0.2) is 18.4 Å². The van der Waals surface area contributed by atoms with E-state index in [4.69, 9.17) is 0 Å². The summed E-state index contributed by atoms with van der Waals surface area (Å²) in [5.41, 5.74) is 3.40. The van der Waals surface area contributed by atoms with Gasteiger partial charge in [-0.05, 0) is 12.8 Å². The van der Waals surface area contributed by atoms with Crippen LogP contribution in [0.2, 0.25) is 0 Å². The predicted molar refractivity (Wildman–Crippen MR) is 72.6 cm³/mol. The summed E-state index contributed by atoms with van der Waals surface area (Å²) in [6.45, 7) is 3.76. The molecule has 6 heteroatoms. The summed E-state index contributed by atoms with van der Waals surface area (Å²) < 4.78 is 23.2. The van der Waals surface area contributed by atoms with Crippen molar-refractivity contribution in [2.75, 3.05) is 11.5 Å². The molecule has 1 saturated heterocycles. The van der Waals surface area contributed by atoms with Crippen LogP contribution in [0.4, 0.5) is 0 Å². The Balaban J connectivity index is 1.97. The lowest BCUT2D eigenvalue weighted by atomic mass is 10.1. The number of aromatic nitrogens is 2. The van der Waals surface area contributed by atoms with Crippen molar-refractivity contribution in [3.63, 3.8) is 0 Å². The van der Waals surface area contributed by atoms with Gasteiger partial charge in [-0.1, -0.05) is 13.3 Å². The topological polar surface area (TPSA) is 72.0 Å². The van der Waals surface area contributed by atoms with Crippen molar-refractivity contribution < 1.29 is 8.42 Å². The second-order valence-corrected chi connectivity index (χ2v) is 7.64. The largest absolute Gasteiger partial charge is 0.307 e. The molecule has 1 unspecified atom stereocenters. The number of nitrogens with zero attached hydrogens (tertiary/aromatic N) is 2. The molecule has 5 nitrogen and oxygen atoms in total. The van der Waals surface area contributed by atoms with Gasteiger partial charge in [0, 0.05) is 30.3 Å². The number of rotatable bonds is 3. The second-order valence-electron chi connectivity index (χ2n) is 5.41. The Bertz CT molecular complexity index is 598. The van der Waals surface area contributed by atoms with E-state index in [0.717, 1.165) is 43.1 Å². The van der Waals surface area contributed by atoms with Crippen LogP contribution in [-0.4, -0.2) is 29.9 Å². The van der Waals surface area contributed by atoms with E-state index < -0.39 is 9.84 Å². The molecule has 2 aliphatic heterocycles. The molecule has 0 saturated carbocycles. The van der Waals surface area contributed by atoms with Gasteiger partial charge in [0.25, 0.3) is 0 Å². The standard InChI is InChI=1S/C13H19N3O2S/c1-2-3-11-10-6-14-7-12(10)16-13(15-11)9-4-5-19(17,18)8-9/h9,14H,2-8H2,1H3. The molecule has 1 aromatic rings. The lowest BCUT2D eigenvalue weighted by Gasteiger charge is -2.12. The van der Waals surface area contributed by atoms with Crippen LogP contribution in [0.25, 0.3) is 0 Å². The molecule has 1 N–H and O–H groups in total. The molecule has 0 bridgehead atoms. The first-order chi connectivity index (χ1) is 9.09. The molecule has 0 amide bonds. The predicted octanol–water partition coefficient (Wildman–Crippen LogP) is 0.934. The van der Waals surface area contributed by atoms with Gasteiger partial charge in [-0.3, -0.25) is 0 Å². The maximum absolute atomic E-state index is 11.6. The maximum atomic E-state index is 11.6. The fourth-order valence-electron chi connectivity index (χ4n) is 2.88. The fourth-order valence-corrected chi connectivity index (χ4v) is 4.62. The summed E-state index contributed by atoms with van der Waals surface area (Å²) in [5, 5.41) is 3.30. The van der Waals surface area contributed by atoms with E-state index in [1.54, 1.807) is 0 Å². The Kier molecular flexibility index (Phi) is 3.30. The number of aryl methyl sites for hydroxylation is 1. The van der Waals surface area contributed by atoms with E-state index in [2.05, 4.69) is 22.2 Å². The minimum Gasteiger partial charge on any atom is -0.307 e. The highest BCUT2D eigenvalue weighted by Crippen LogP contribution is 2.29. The third-order valence-corrected chi connectivity index (χ3v) is 5.64. The normalized spacial score (nSPS) is 24.6. The third-order valence-electron chi connectivity index (χ3n) is 3.87. The van der Waals surface area contributed by atoms with Gasteiger partial charge in [-0.2, -0.15) is 0 Å². The van der Waals surface area contributed by atoms with Crippen LogP contribution in [0.5, 0.6) is 0 Å². The molecule has 104 valence electrons. The van der Waals surface area contributed by atoms with Crippen molar-refractivity contribution in [2.45, 2.75) is 45.2 Å². The summed E-state index contributed by atoms with van der Waals surface area (Å²) in [6.07, 6.45) is 2.66. The van der Waals surface area contributed by atoms with E-state index in [1.165, 1.54) is 5.56 Å². The van der Waals surface area contributed by atoms with E-state index in [-0.39, 0.29) is 17.4 Å². The van der Waals surface area contributed by atoms with Crippen LogP contribution in [-0.2, 0) is 29.3 Å². The molecule has 0 radical (unpaired) electrons. The zero-order chi connectivity index (χ0) is 13.5. The lowest BCUT2D eigenvalue weighted by Crippen LogP contribution is -2.11. The summed E-state index contributed by atoms with van der Waals surface area (Å²) in [4.78, 5) is 9.27. The molecule has 1 atom stereocenters. The molecule has 0 spiro atoms. The Labute approximate surface area is 113 Å². The summed E-state index contributed by atoms with van der Waals surface area (Å²) in [7, 11) is -2.88. The quantitative estimate of drug-likeness (QED) is 0.892. The monoisotopic (exact) mass is 281 g/mol. The number of fused-ring (bicyclic) bond motifs is 1. The van der Waals surface area contributed by atoms with Crippen LogP contribution >= 0.6 is 0 Å². The van der Waals surface area contributed by atoms with Gasteiger partial charge in [0.2, 0.25) is 0 Å². The van der Waals surface area contributed by atoms with Gasteiger partial charge in [0.15, 0.2) is 9.84 Å². The highest BCUT2D eigenvalue weighted by atomic mass is 32.2. The fraction of sp³-hybridized carbons (Fsp3) is 0.692. The Morgan fingerprint density at radius 3 is 2.84 bits per heavy atom. The molecule has 0 aliphatic carbocycles. The zero-order valence-electron chi connectivity index (χ0n) is 11.1. The zero-order valence-corrected chi connectivity index (χ0v) is 12.0. The van der Waals surface area contributed by atoms with Crippen LogP contribution in [0.1, 0.15) is 48.5 Å². The Morgan fingerprint density at radius 1 is 1.32 bits per heavy atom. The van der Waals surface area contributed by atoms with E-state index in [9.17, 15) is 8.42 Å². The molecule has 2 aliphatic rings. The van der Waals surface area contributed by atoms with Gasteiger partial charge in [0.1, 0.15) is 5.82 Å². The second kappa shape index (κ2) is 4.83. The molecular formula is C13H19N3O2S. The number of hydrogen-bond acceptors (Lipinski definition) is 5. The van der Waals surface area contributed by atoms with Crippen LogP contribution in [0.3, 0.4) is 0 Å². The average molecular weight is 281 g/mol. The first-order valence-electron chi connectivity index (χ1n) is 6.89. The summed E-state index contributed by atoms with van der Waals surface area (Å²) in [6, 6.07) is 0.